The number of halogens is 3. The summed E-state index contributed by atoms with van der Waals surface area (Å²) in [6.45, 7) is 3.67. The van der Waals surface area contributed by atoms with Crippen LogP contribution in [0.4, 0.5) is 18.9 Å². The van der Waals surface area contributed by atoms with E-state index in [1.165, 1.54) is 12.1 Å². The Kier molecular flexibility index (Phi) is 3.83. The van der Waals surface area contributed by atoms with E-state index in [1.54, 1.807) is 13.0 Å². The van der Waals surface area contributed by atoms with Gasteiger partial charge in [0.25, 0.3) is 5.91 Å². The van der Waals surface area contributed by atoms with Crippen molar-refractivity contribution in [2.75, 3.05) is 5.32 Å². The van der Waals surface area contributed by atoms with Crippen LogP contribution in [0.15, 0.2) is 46.9 Å². The highest BCUT2D eigenvalue weighted by molar-refractivity contribution is 6.06. The molecule has 0 aliphatic rings. The van der Waals surface area contributed by atoms with Crippen LogP contribution < -0.4 is 5.32 Å². The van der Waals surface area contributed by atoms with Crippen molar-refractivity contribution < 1.29 is 22.4 Å². The smallest absolute Gasteiger partial charge is 0.416 e. The van der Waals surface area contributed by atoms with Crippen LogP contribution >= 0.6 is 0 Å². The maximum atomic E-state index is 12.7. The Hall–Kier alpha value is -2.76. The van der Waals surface area contributed by atoms with Crippen molar-refractivity contribution in [1.29, 1.82) is 0 Å². The average molecular weight is 333 g/mol. The number of amides is 1. The largest absolute Gasteiger partial charge is 0.451 e. The zero-order valence-electron chi connectivity index (χ0n) is 13.0. The number of carbonyl (C=O) groups excluding carboxylic acids is 1. The summed E-state index contributed by atoms with van der Waals surface area (Å²) in [5, 5.41) is 3.26. The summed E-state index contributed by atoms with van der Waals surface area (Å²) in [6.07, 6.45) is -4.46. The summed E-state index contributed by atoms with van der Waals surface area (Å²) < 4.78 is 43.8. The summed E-state index contributed by atoms with van der Waals surface area (Å²) in [6, 6.07) is 10.0. The molecule has 1 N–H and O–H groups in total. The molecule has 3 nitrogen and oxygen atoms in total. The van der Waals surface area contributed by atoms with Crippen LogP contribution in [-0.2, 0) is 6.18 Å². The maximum absolute atomic E-state index is 12.7. The topological polar surface area (TPSA) is 42.2 Å². The molecule has 3 aromatic rings. The number of rotatable bonds is 2. The summed E-state index contributed by atoms with van der Waals surface area (Å²) in [5.41, 5.74) is 1.48. The lowest BCUT2D eigenvalue weighted by Crippen LogP contribution is -2.13. The fourth-order valence-corrected chi connectivity index (χ4v) is 2.51. The summed E-state index contributed by atoms with van der Waals surface area (Å²) in [7, 11) is 0. The number of fused-ring (bicyclic) bond motifs is 1. The van der Waals surface area contributed by atoms with Crippen LogP contribution in [0.5, 0.6) is 0 Å². The van der Waals surface area contributed by atoms with Crippen molar-refractivity contribution in [2.24, 2.45) is 0 Å². The quantitative estimate of drug-likeness (QED) is 0.689. The number of carbonyl (C=O) groups is 1. The van der Waals surface area contributed by atoms with Crippen molar-refractivity contribution >= 4 is 22.6 Å². The third-order valence-electron chi connectivity index (χ3n) is 3.75. The SMILES string of the molecule is Cc1ccc2oc(C(=O)Nc3cccc(C(F)(F)F)c3)c(C)c2c1. The third-order valence-corrected chi connectivity index (χ3v) is 3.75. The first-order chi connectivity index (χ1) is 11.3. The predicted octanol–water partition coefficient (Wildman–Crippen LogP) is 5.32. The first-order valence-corrected chi connectivity index (χ1v) is 7.24. The van der Waals surface area contributed by atoms with Gasteiger partial charge in [-0.25, -0.2) is 0 Å². The first-order valence-electron chi connectivity index (χ1n) is 7.24. The van der Waals surface area contributed by atoms with Crippen LogP contribution in [0, 0.1) is 13.8 Å². The number of alkyl halides is 3. The van der Waals surface area contributed by atoms with Gasteiger partial charge in [-0.1, -0.05) is 17.7 Å². The molecule has 0 radical (unpaired) electrons. The Morgan fingerprint density at radius 2 is 1.83 bits per heavy atom. The van der Waals surface area contributed by atoms with E-state index in [0.29, 0.717) is 11.1 Å². The van der Waals surface area contributed by atoms with E-state index >= 15 is 0 Å². The fourth-order valence-electron chi connectivity index (χ4n) is 2.51. The van der Waals surface area contributed by atoms with Gasteiger partial charge in [-0.05, 0) is 44.2 Å². The van der Waals surface area contributed by atoms with E-state index < -0.39 is 17.6 Å². The molecule has 1 heterocycles. The Morgan fingerprint density at radius 3 is 2.54 bits per heavy atom. The molecule has 0 aliphatic carbocycles. The number of hydrogen-bond donors (Lipinski definition) is 1. The van der Waals surface area contributed by atoms with Gasteiger partial charge >= 0.3 is 6.18 Å². The van der Waals surface area contributed by atoms with E-state index in [4.69, 9.17) is 4.42 Å². The van der Waals surface area contributed by atoms with Gasteiger partial charge in [0.05, 0.1) is 5.56 Å². The highest BCUT2D eigenvalue weighted by Crippen LogP contribution is 2.31. The Labute approximate surface area is 136 Å². The molecule has 0 aliphatic heterocycles. The van der Waals surface area contributed by atoms with Crippen molar-refractivity contribution in [3.63, 3.8) is 0 Å². The molecule has 0 atom stereocenters. The van der Waals surface area contributed by atoms with Gasteiger partial charge in [0.15, 0.2) is 5.76 Å². The third kappa shape index (κ3) is 2.99. The van der Waals surface area contributed by atoms with Gasteiger partial charge in [-0.3, -0.25) is 4.79 Å². The van der Waals surface area contributed by atoms with E-state index in [9.17, 15) is 18.0 Å². The van der Waals surface area contributed by atoms with Crippen molar-refractivity contribution in [2.45, 2.75) is 20.0 Å². The van der Waals surface area contributed by atoms with Crippen molar-refractivity contribution in [3.05, 3.63) is 64.9 Å². The number of aryl methyl sites for hydroxylation is 2. The summed E-state index contributed by atoms with van der Waals surface area (Å²) >= 11 is 0. The molecule has 1 aromatic heterocycles. The summed E-state index contributed by atoms with van der Waals surface area (Å²) in [5.74, 6) is -0.492. The molecule has 2 aromatic carbocycles. The fraction of sp³-hybridized carbons (Fsp3) is 0.167. The van der Waals surface area contributed by atoms with Gasteiger partial charge in [0, 0.05) is 16.6 Å². The Bertz CT molecular complexity index is 926. The first kappa shape index (κ1) is 16.1. The number of benzene rings is 2. The lowest BCUT2D eigenvalue weighted by atomic mass is 10.1. The molecule has 0 bridgehead atoms. The molecule has 1 amide bonds. The molecular formula is C18H14F3NO2. The maximum Gasteiger partial charge on any atom is 0.416 e. The monoisotopic (exact) mass is 333 g/mol. The van der Waals surface area contributed by atoms with Crippen LogP contribution in [0.3, 0.4) is 0 Å². The molecule has 0 spiro atoms. The molecule has 24 heavy (non-hydrogen) atoms. The van der Waals surface area contributed by atoms with E-state index in [-0.39, 0.29) is 11.4 Å². The number of furan rings is 1. The molecule has 0 saturated carbocycles. The second-order valence-electron chi connectivity index (χ2n) is 5.59. The predicted molar refractivity (Wildman–Crippen MR) is 85.1 cm³/mol. The normalized spacial score (nSPS) is 11.7. The van der Waals surface area contributed by atoms with Gasteiger partial charge < -0.3 is 9.73 Å². The Balaban J connectivity index is 1.92. The Morgan fingerprint density at radius 1 is 1.08 bits per heavy atom. The second-order valence-corrected chi connectivity index (χ2v) is 5.59. The second kappa shape index (κ2) is 5.70. The standard InChI is InChI=1S/C18H14F3NO2/c1-10-6-7-15-14(8-10)11(2)16(24-15)17(23)22-13-5-3-4-12(9-13)18(19,20)21/h3-9H,1-2H3,(H,22,23). The van der Waals surface area contributed by atoms with Crippen LogP contribution in [0.25, 0.3) is 11.0 Å². The minimum absolute atomic E-state index is 0.0610. The zero-order chi connectivity index (χ0) is 17.5. The van der Waals surface area contributed by atoms with Gasteiger partial charge in [0.1, 0.15) is 5.58 Å². The van der Waals surface area contributed by atoms with Gasteiger partial charge in [-0.2, -0.15) is 13.2 Å². The zero-order valence-corrected chi connectivity index (χ0v) is 13.0. The number of hydrogen-bond acceptors (Lipinski definition) is 2. The lowest BCUT2D eigenvalue weighted by molar-refractivity contribution is -0.137. The van der Waals surface area contributed by atoms with Gasteiger partial charge in [0.2, 0.25) is 0 Å². The number of anilines is 1. The van der Waals surface area contributed by atoms with Crippen molar-refractivity contribution in [3.8, 4) is 0 Å². The molecule has 0 fully saturated rings. The van der Waals surface area contributed by atoms with Crippen LogP contribution in [0.2, 0.25) is 0 Å². The van der Waals surface area contributed by atoms with E-state index in [2.05, 4.69) is 5.32 Å². The molecule has 124 valence electrons. The molecule has 0 unspecified atom stereocenters. The number of nitrogens with one attached hydrogen (secondary N) is 1. The lowest BCUT2D eigenvalue weighted by Gasteiger charge is -2.09. The molecule has 0 saturated heterocycles. The van der Waals surface area contributed by atoms with E-state index in [0.717, 1.165) is 23.1 Å². The molecular weight excluding hydrogens is 319 g/mol. The van der Waals surface area contributed by atoms with Gasteiger partial charge in [-0.15, -0.1) is 0 Å². The van der Waals surface area contributed by atoms with Crippen molar-refractivity contribution in [1.82, 2.24) is 0 Å². The minimum Gasteiger partial charge on any atom is -0.451 e. The van der Waals surface area contributed by atoms with Crippen LogP contribution in [-0.4, -0.2) is 5.91 Å². The highest BCUT2D eigenvalue weighted by atomic mass is 19.4. The average Bonchev–Trinajstić information content (AvgIpc) is 2.84. The highest BCUT2D eigenvalue weighted by Gasteiger charge is 2.30. The van der Waals surface area contributed by atoms with Crippen LogP contribution in [0.1, 0.15) is 27.2 Å². The minimum atomic E-state index is -4.46. The molecule has 6 heteroatoms. The summed E-state index contributed by atoms with van der Waals surface area (Å²) in [4.78, 5) is 12.4. The molecule has 3 rings (SSSR count). The van der Waals surface area contributed by atoms with E-state index in [1.807, 2.05) is 19.1 Å².